The molecule has 1 N–H and O–H groups in total. The van der Waals surface area contributed by atoms with Gasteiger partial charge in [-0.15, -0.1) is 0 Å². The molecule has 4 rings (SSSR count). The molecule has 0 saturated heterocycles. The van der Waals surface area contributed by atoms with Gasteiger partial charge in [-0.25, -0.2) is 0 Å². The predicted molar refractivity (Wildman–Crippen MR) is 130 cm³/mol. The van der Waals surface area contributed by atoms with E-state index in [0.717, 1.165) is 50.1 Å². The number of phenolic OH excluding ortho intramolecular Hbond substituents is 1. The number of benzene rings is 3. The molecule has 174 valence electrons. The third kappa shape index (κ3) is 4.24. The lowest BCUT2D eigenvalue weighted by Gasteiger charge is -2.24. The van der Waals surface area contributed by atoms with Crippen molar-refractivity contribution >= 4 is 16.7 Å². The average molecular weight is 449 g/mol. The highest BCUT2D eigenvalue weighted by molar-refractivity contribution is 5.86. The molecule has 5 nitrogen and oxygen atoms in total. The number of aromatic hydroxyl groups is 1. The van der Waals surface area contributed by atoms with Gasteiger partial charge in [0.1, 0.15) is 22.8 Å². The molecule has 0 saturated carbocycles. The summed E-state index contributed by atoms with van der Waals surface area (Å²) in [5.74, 6) is 1.40. The molecule has 33 heavy (non-hydrogen) atoms. The van der Waals surface area contributed by atoms with E-state index in [2.05, 4.69) is 0 Å². The standard InChI is InChI=1S/C28H32O5/c1-16-17(2)26-24(19(4)25(16)29)15-28(5,33-26)11-12-32-27(30)18(3)20-7-8-22-14-23(31-6)10-9-21(22)13-20/h7-10,13-14,18,29H,11-12,15H2,1-6H3/t18?,28-/m1/s1. The highest BCUT2D eigenvalue weighted by atomic mass is 16.5. The van der Waals surface area contributed by atoms with Crippen LogP contribution in [0.4, 0.5) is 0 Å². The minimum Gasteiger partial charge on any atom is -0.507 e. The SMILES string of the molecule is COc1ccc2cc(C(C)C(=O)OCC[C@]3(C)Cc4c(C)c(O)c(C)c(C)c4O3)ccc2c1. The van der Waals surface area contributed by atoms with Crippen LogP contribution in [0, 0.1) is 20.8 Å². The van der Waals surface area contributed by atoms with Crippen LogP contribution >= 0.6 is 0 Å². The first-order valence-electron chi connectivity index (χ1n) is 11.4. The Morgan fingerprint density at radius 3 is 2.52 bits per heavy atom. The van der Waals surface area contributed by atoms with Crippen LogP contribution in [-0.2, 0) is 16.0 Å². The van der Waals surface area contributed by atoms with Crippen molar-refractivity contribution in [1.29, 1.82) is 0 Å². The normalized spacial score (nSPS) is 18.0. The summed E-state index contributed by atoms with van der Waals surface area (Å²) in [6.07, 6.45) is 1.26. The van der Waals surface area contributed by atoms with E-state index < -0.39 is 5.60 Å². The summed E-state index contributed by atoms with van der Waals surface area (Å²) in [4.78, 5) is 12.8. The van der Waals surface area contributed by atoms with Gasteiger partial charge in [-0.1, -0.05) is 24.3 Å². The Morgan fingerprint density at radius 1 is 1.09 bits per heavy atom. The molecule has 0 spiro atoms. The van der Waals surface area contributed by atoms with Crippen LogP contribution in [0.2, 0.25) is 0 Å². The van der Waals surface area contributed by atoms with Gasteiger partial charge in [-0.3, -0.25) is 4.79 Å². The molecule has 5 heteroatoms. The maximum atomic E-state index is 12.8. The summed E-state index contributed by atoms with van der Waals surface area (Å²) >= 11 is 0. The van der Waals surface area contributed by atoms with Crippen molar-refractivity contribution in [2.75, 3.05) is 13.7 Å². The number of esters is 1. The number of phenols is 1. The third-order valence-electron chi connectivity index (χ3n) is 7.04. The maximum absolute atomic E-state index is 12.8. The zero-order valence-electron chi connectivity index (χ0n) is 20.2. The van der Waals surface area contributed by atoms with Gasteiger partial charge in [-0.2, -0.15) is 0 Å². The van der Waals surface area contributed by atoms with E-state index in [4.69, 9.17) is 14.2 Å². The van der Waals surface area contributed by atoms with E-state index in [-0.39, 0.29) is 18.5 Å². The van der Waals surface area contributed by atoms with Crippen LogP contribution in [0.15, 0.2) is 36.4 Å². The fourth-order valence-electron chi connectivity index (χ4n) is 4.58. The molecule has 0 fully saturated rings. The Morgan fingerprint density at radius 2 is 1.79 bits per heavy atom. The number of carbonyl (C=O) groups is 1. The lowest BCUT2D eigenvalue weighted by atomic mass is 9.91. The van der Waals surface area contributed by atoms with Gasteiger partial charge >= 0.3 is 5.97 Å². The molecule has 0 aromatic heterocycles. The number of fused-ring (bicyclic) bond motifs is 2. The number of methoxy groups -OCH3 is 1. The van der Waals surface area contributed by atoms with Crippen molar-refractivity contribution in [3.63, 3.8) is 0 Å². The molecular formula is C28H32O5. The van der Waals surface area contributed by atoms with Gasteiger partial charge in [0.05, 0.1) is 19.6 Å². The molecule has 3 aromatic rings. The van der Waals surface area contributed by atoms with Gasteiger partial charge in [0.15, 0.2) is 0 Å². The lowest BCUT2D eigenvalue weighted by Crippen LogP contribution is -2.32. The van der Waals surface area contributed by atoms with E-state index in [1.807, 2.05) is 71.0 Å². The zero-order chi connectivity index (χ0) is 23.9. The van der Waals surface area contributed by atoms with Crippen LogP contribution in [0.1, 0.15) is 54.0 Å². The van der Waals surface area contributed by atoms with Crippen molar-refractivity contribution in [2.24, 2.45) is 0 Å². The number of rotatable bonds is 6. The van der Waals surface area contributed by atoms with Crippen LogP contribution in [0.5, 0.6) is 17.2 Å². The van der Waals surface area contributed by atoms with Crippen LogP contribution in [0.3, 0.4) is 0 Å². The lowest BCUT2D eigenvalue weighted by molar-refractivity contribution is -0.146. The Labute approximate surface area is 195 Å². The molecular weight excluding hydrogens is 416 g/mol. The van der Waals surface area contributed by atoms with Crippen molar-refractivity contribution < 1.29 is 24.1 Å². The van der Waals surface area contributed by atoms with Gasteiger partial charge in [-0.05, 0) is 79.8 Å². The van der Waals surface area contributed by atoms with Crippen molar-refractivity contribution in [1.82, 2.24) is 0 Å². The highest BCUT2D eigenvalue weighted by Gasteiger charge is 2.38. The number of hydrogen-bond acceptors (Lipinski definition) is 5. The summed E-state index contributed by atoms with van der Waals surface area (Å²) in [7, 11) is 1.65. The number of hydrogen-bond donors (Lipinski definition) is 1. The minimum absolute atomic E-state index is 0.247. The van der Waals surface area contributed by atoms with E-state index in [1.165, 1.54) is 0 Å². The summed E-state index contributed by atoms with van der Waals surface area (Å²) < 4.78 is 17.3. The first-order valence-corrected chi connectivity index (χ1v) is 11.4. The van der Waals surface area contributed by atoms with Crippen LogP contribution < -0.4 is 9.47 Å². The highest BCUT2D eigenvalue weighted by Crippen LogP contribution is 2.45. The van der Waals surface area contributed by atoms with Crippen LogP contribution in [0.25, 0.3) is 10.8 Å². The first-order chi connectivity index (χ1) is 15.6. The Kier molecular flexibility index (Phi) is 6.00. The Hall–Kier alpha value is -3.21. The van der Waals surface area contributed by atoms with Gasteiger partial charge in [0.25, 0.3) is 0 Å². The topological polar surface area (TPSA) is 65.0 Å². The van der Waals surface area contributed by atoms with Crippen LogP contribution in [-0.4, -0.2) is 30.4 Å². The van der Waals surface area contributed by atoms with E-state index in [9.17, 15) is 9.90 Å². The fraction of sp³-hybridized carbons (Fsp3) is 0.393. The zero-order valence-corrected chi connectivity index (χ0v) is 20.2. The summed E-state index contributed by atoms with van der Waals surface area (Å²) in [6, 6.07) is 11.9. The van der Waals surface area contributed by atoms with Crippen molar-refractivity contribution in [2.45, 2.75) is 59.0 Å². The molecule has 0 bridgehead atoms. The van der Waals surface area contributed by atoms with Gasteiger partial charge < -0.3 is 19.3 Å². The third-order valence-corrected chi connectivity index (χ3v) is 7.04. The Balaban J connectivity index is 1.39. The second-order valence-electron chi connectivity index (χ2n) is 9.37. The molecule has 2 atom stereocenters. The summed E-state index contributed by atoms with van der Waals surface area (Å²) in [5, 5.41) is 12.5. The quantitative estimate of drug-likeness (QED) is 0.475. The molecule has 0 radical (unpaired) electrons. The number of carbonyl (C=O) groups excluding carboxylic acids is 1. The molecule has 0 aliphatic carbocycles. The minimum atomic E-state index is -0.469. The van der Waals surface area contributed by atoms with Gasteiger partial charge in [0.2, 0.25) is 0 Å². The van der Waals surface area contributed by atoms with E-state index >= 15 is 0 Å². The predicted octanol–water partition coefficient (Wildman–Crippen LogP) is 5.91. The van der Waals surface area contributed by atoms with E-state index in [1.54, 1.807) is 7.11 Å². The molecule has 1 unspecified atom stereocenters. The second kappa shape index (κ2) is 8.62. The van der Waals surface area contributed by atoms with Crippen molar-refractivity contribution in [3.05, 3.63) is 64.2 Å². The Bertz CT molecular complexity index is 1190. The first kappa shape index (κ1) is 23.0. The fourth-order valence-corrected chi connectivity index (χ4v) is 4.58. The molecule has 1 heterocycles. The molecule has 0 amide bonds. The monoisotopic (exact) mass is 448 g/mol. The molecule has 1 aliphatic heterocycles. The van der Waals surface area contributed by atoms with E-state index in [0.29, 0.717) is 18.6 Å². The average Bonchev–Trinajstić information content (AvgIpc) is 3.17. The molecule has 3 aromatic carbocycles. The smallest absolute Gasteiger partial charge is 0.313 e. The second-order valence-corrected chi connectivity index (χ2v) is 9.37. The summed E-state index contributed by atoms with van der Waals surface area (Å²) in [5.41, 5.74) is 4.19. The maximum Gasteiger partial charge on any atom is 0.313 e. The summed E-state index contributed by atoms with van der Waals surface area (Å²) in [6.45, 7) is 9.99. The van der Waals surface area contributed by atoms with Gasteiger partial charge in [0, 0.05) is 18.4 Å². The van der Waals surface area contributed by atoms with Crippen molar-refractivity contribution in [3.8, 4) is 17.2 Å². The molecule has 1 aliphatic rings. The number of ether oxygens (including phenoxy) is 3. The largest absolute Gasteiger partial charge is 0.507 e.